The van der Waals surface area contributed by atoms with Gasteiger partial charge in [0.1, 0.15) is 11.6 Å². The lowest BCUT2D eigenvalue weighted by Crippen LogP contribution is -2.11. The van der Waals surface area contributed by atoms with Crippen LogP contribution in [-0.4, -0.2) is 19.1 Å². The summed E-state index contributed by atoms with van der Waals surface area (Å²) in [5.41, 5.74) is 13.9. The summed E-state index contributed by atoms with van der Waals surface area (Å²) in [5, 5.41) is 3.23. The molecule has 1 aromatic carbocycles. The molecular formula is C13H17N5. The minimum absolute atomic E-state index is 0.335. The summed E-state index contributed by atoms with van der Waals surface area (Å²) in [6, 6.07) is 11.5. The van der Waals surface area contributed by atoms with E-state index in [1.165, 1.54) is 0 Å². The Balaban J connectivity index is 2.31. The van der Waals surface area contributed by atoms with E-state index in [-0.39, 0.29) is 0 Å². The van der Waals surface area contributed by atoms with Crippen LogP contribution in [0.25, 0.3) is 0 Å². The number of para-hydroxylation sites is 2. The molecule has 0 spiro atoms. The lowest BCUT2D eigenvalue weighted by atomic mass is 10.2. The minimum Gasteiger partial charge on any atom is -0.396 e. The number of nitrogens with one attached hydrogen (secondary N) is 1. The molecule has 5 nitrogen and oxygen atoms in total. The molecule has 94 valence electrons. The van der Waals surface area contributed by atoms with E-state index < -0.39 is 0 Å². The molecule has 0 fully saturated rings. The van der Waals surface area contributed by atoms with Crippen molar-refractivity contribution < 1.29 is 0 Å². The Labute approximate surface area is 106 Å². The second-order valence-corrected chi connectivity index (χ2v) is 4.21. The fourth-order valence-electron chi connectivity index (χ4n) is 1.66. The summed E-state index contributed by atoms with van der Waals surface area (Å²) in [6.45, 7) is 0. The number of aromatic nitrogens is 1. The van der Waals surface area contributed by atoms with Crippen molar-refractivity contribution >= 4 is 28.7 Å². The average Bonchev–Trinajstić information content (AvgIpc) is 2.34. The van der Waals surface area contributed by atoms with E-state index in [4.69, 9.17) is 11.5 Å². The van der Waals surface area contributed by atoms with E-state index in [1.807, 2.05) is 43.3 Å². The monoisotopic (exact) mass is 243 g/mol. The van der Waals surface area contributed by atoms with Crippen LogP contribution in [0.4, 0.5) is 28.7 Å². The fourth-order valence-corrected chi connectivity index (χ4v) is 1.66. The maximum absolute atomic E-state index is 5.69. The topological polar surface area (TPSA) is 80.2 Å². The van der Waals surface area contributed by atoms with Gasteiger partial charge in [0.25, 0.3) is 0 Å². The maximum atomic E-state index is 5.69. The SMILES string of the molecule is CN(C)c1ccccc1Nc1ccc(N)c(N)n1. The molecule has 1 heterocycles. The lowest BCUT2D eigenvalue weighted by Gasteiger charge is -2.18. The molecule has 0 bridgehead atoms. The second kappa shape index (κ2) is 4.83. The van der Waals surface area contributed by atoms with Crippen LogP contribution in [0.5, 0.6) is 0 Å². The summed E-state index contributed by atoms with van der Waals surface area (Å²) < 4.78 is 0. The van der Waals surface area contributed by atoms with Crippen LogP contribution in [0.1, 0.15) is 0 Å². The number of nitrogens with zero attached hydrogens (tertiary/aromatic N) is 2. The Kier molecular flexibility index (Phi) is 3.23. The lowest BCUT2D eigenvalue weighted by molar-refractivity contribution is 1.13. The van der Waals surface area contributed by atoms with Crippen LogP contribution in [0.2, 0.25) is 0 Å². The highest BCUT2D eigenvalue weighted by molar-refractivity contribution is 5.75. The van der Waals surface area contributed by atoms with E-state index in [2.05, 4.69) is 10.3 Å². The maximum Gasteiger partial charge on any atom is 0.149 e. The van der Waals surface area contributed by atoms with Crippen molar-refractivity contribution in [3.05, 3.63) is 36.4 Å². The molecule has 0 saturated carbocycles. The Morgan fingerprint density at radius 1 is 1.06 bits per heavy atom. The number of pyridine rings is 1. The molecule has 18 heavy (non-hydrogen) atoms. The zero-order valence-electron chi connectivity index (χ0n) is 10.5. The Bertz CT molecular complexity index is 551. The number of anilines is 5. The molecule has 0 amide bonds. The predicted molar refractivity (Wildman–Crippen MR) is 77.1 cm³/mol. The van der Waals surface area contributed by atoms with Gasteiger partial charge in [0, 0.05) is 14.1 Å². The molecule has 0 aliphatic heterocycles. The van der Waals surface area contributed by atoms with Gasteiger partial charge < -0.3 is 21.7 Å². The summed E-state index contributed by atoms with van der Waals surface area (Å²) in [6.07, 6.45) is 0. The van der Waals surface area contributed by atoms with Crippen molar-refractivity contribution in [2.75, 3.05) is 35.8 Å². The smallest absolute Gasteiger partial charge is 0.149 e. The molecule has 5 heteroatoms. The predicted octanol–water partition coefficient (Wildman–Crippen LogP) is 2.06. The number of benzene rings is 1. The zero-order chi connectivity index (χ0) is 13.1. The number of nitrogen functional groups attached to an aromatic ring is 2. The number of rotatable bonds is 3. The zero-order valence-corrected chi connectivity index (χ0v) is 10.5. The van der Waals surface area contributed by atoms with Gasteiger partial charge in [0.15, 0.2) is 0 Å². The molecule has 0 atom stereocenters. The Morgan fingerprint density at radius 2 is 1.78 bits per heavy atom. The van der Waals surface area contributed by atoms with E-state index in [0.29, 0.717) is 17.3 Å². The van der Waals surface area contributed by atoms with Crippen LogP contribution in [0.15, 0.2) is 36.4 Å². The minimum atomic E-state index is 0.335. The third-order valence-electron chi connectivity index (χ3n) is 2.61. The fraction of sp³-hybridized carbons (Fsp3) is 0.154. The highest BCUT2D eigenvalue weighted by Crippen LogP contribution is 2.27. The van der Waals surface area contributed by atoms with Gasteiger partial charge in [-0.3, -0.25) is 0 Å². The van der Waals surface area contributed by atoms with Gasteiger partial charge in [-0.25, -0.2) is 4.98 Å². The van der Waals surface area contributed by atoms with Crippen molar-refractivity contribution in [1.29, 1.82) is 0 Å². The first-order valence-corrected chi connectivity index (χ1v) is 5.63. The normalized spacial score (nSPS) is 10.1. The van der Waals surface area contributed by atoms with Crippen molar-refractivity contribution in [2.24, 2.45) is 0 Å². The van der Waals surface area contributed by atoms with E-state index in [0.717, 1.165) is 11.4 Å². The van der Waals surface area contributed by atoms with E-state index in [9.17, 15) is 0 Å². The molecule has 0 saturated heterocycles. The van der Waals surface area contributed by atoms with Gasteiger partial charge in [-0.2, -0.15) is 0 Å². The van der Waals surface area contributed by atoms with Gasteiger partial charge in [-0.1, -0.05) is 12.1 Å². The molecule has 5 N–H and O–H groups in total. The number of hydrogen-bond donors (Lipinski definition) is 3. The molecule has 2 rings (SSSR count). The van der Waals surface area contributed by atoms with Crippen LogP contribution in [0.3, 0.4) is 0 Å². The van der Waals surface area contributed by atoms with Crippen LogP contribution in [0, 0.1) is 0 Å². The largest absolute Gasteiger partial charge is 0.396 e. The molecule has 0 radical (unpaired) electrons. The Hall–Kier alpha value is -2.43. The first-order chi connectivity index (χ1) is 8.58. The third-order valence-corrected chi connectivity index (χ3v) is 2.61. The van der Waals surface area contributed by atoms with Crippen LogP contribution in [-0.2, 0) is 0 Å². The molecule has 2 aromatic rings. The van der Waals surface area contributed by atoms with Crippen molar-refractivity contribution in [3.63, 3.8) is 0 Å². The summed E-state index contributed by atoms with van der Waals surface area (Å²) in [4.78, 5) is 6.22. The van der Waals surface area contributed by atoms with Crippen LogP contribution < -0.4 is 21.7 Å². The number of hydrogen-bond acceptors (Lipinski definition) is 5. The van der Waals surface area contributed by atoms with Crippen LogP contribution >= 0.6 is 0 Å². The van der Waals surface area contributed by atoms with E-state index in [1.54, 1.807) is 12.1 Å². The van der Waals surface area contributed by atoms with Crippen molar-refractivity contribution in [3.8, 4) is 0 Å². The van der Waals surface area contributed by atoms with E-state index >= 15 is 0 Å². The van der Waals surface area contributed by atoms with Gasteiger partial charge in [-0.05, 0) is 24.3 Å². The summed E-state index contributed by atoms with van der Waals surface area (Å²) in [5.74, 6) is 1.01. The van der Waals surface area contributed by atoms with Gasteiger partial charge in [0.2, 0.25) is 0 Å². The highest BCUT2D eigenvalue weighted by Gasteiger charge is 2.05. The average molecular weight is 243 g/mol. The van der Waals surface area contributed by atoms with Crippen molar-refractivity contribution in [2.45, 2.75) is 0 Å². The van der Waals surface area contributed by atoms with Crippen molar-refractivity contribution in [1.82, 2.24) is 4.98 Å². The van der Waals surface area contributed by atoms with Gasteiger partial charge >= 0.3 is 0 Å². The van der Waals surface area contributed by atoms with Gasteiger partial charge in [0.05, 0.1) is 17.1 Å². The third kappa shape index (κ3) is 2.45. The summed E-state index contributed by atoms with van der Waals surface area (Å²) in [7, 11) is 3.98. The highest BCUT2D eigenvalue weighted by atomic mass is 15.1. The van der Waals surface area contributed by atoms with Gasteiger partial charge in [-0.15, -0.1) is 0 Å². The summed E-state index contributed by atoms with van der Waals surface area (Å²) >= 11 is 0. The molecule has 0 unspecified atom stereocenters. The first kappa shape index (κ1) is 12.0. The number of nitrogens with two attached hydrogens (primary N) is 2. The molecular weight excluding hydrogens is 226 g/mol. The molecule has 0 aliphatic rings. The Morgan fingerprint density at radius 3 is 2.44 bits per heavy atom. The second-order valence-electron chi connectivity index (χ2n) is 4.21. The standard InChI is InChI=1S/C13H17N5/c1-18(2)11-6-4-3-5-10(11)16-12-8-7-9(14)13(15)17-12/h3-8H,14H2,1-2H3,(H3,15,16,17). The quantitative estimate of drug-likeness (QED) is 0.768. The molecule has 0 aliphatic carbocycles. The first-order valence-electron chi connectivity index (χ1n) is 5.63. The molecule has 1 aromatic heterocycles.